The lowest BCUT2D eigenvalue weighted by Crippen LogP contribution is -2.36. The predicted octanol–water partition coefficient (Wildman–Crippen LogP) is 2.93. The van der Waals surface area contributed by atoms with Crippen molar-refractivity contribution in [3.8, 4) is 0 Å². The molecule has 1 fully saturated rings. The van der Waals surface area contributed by atoms with Gasteiger partial charge in [0, 0.05) is 18.3 Å². The van der Waals surface area contributed by atoms with Gasteiger partial charge in [0.2, 0.25) is 0 Å². The summed E-state index contributed by atoms with van der Waals surface area (Å²) in [7, 11) is 0. The molecule has 122 valence electrons. The first-order valence-corrected chi connectivity index (χ1v) is 9.03. The largest absolute Gasteiger partial charge is 0.340 e. The van der Waals surface area contributed by atoms with E-state index < -0.39 is 0 Å². The molecule has 0 radical (unpaired) electrons. The number of benzene rings is 1. The van der Waals surface area contributed by atoms with Crippen molar-refractivity contribution in [2.45, 2.75) is 19.4 Å². The summed E-state index contributed by atoms with van der Waals surface area (Å²) in [4.78, 5) is 0.958. The van der Waals surface area contributed by atoms with Crippen LogP contribution in [0.5, 0.6) is 0 Å². The smallest absolute Gasteiger partial charge is 0.140 e. The summed E-state index contributed by atoms with van der Waals surface area (Å²) >= 11 is 1.58. The maximum Gasteiger partial charge on any atom is 0.140 e. The zero-order chi connectivity index (χ0) is 16.1. The zero-order valence-corrected chi connectivity index (χ0v) is 14.2. The van der Waals surface area contributed by atoms with E-state index in [1.54, 1.807) is 11.3 Å². The summed E-state index contributed by atoms with van der Waals surface area (Å²) in [6, 6.07) is 12.9. The molecule has 0 amide bonds. The SMILES string of the molecule is CC1CNCC1NCCc1cccc(NC(=N)c2cccs2)c1. The van der Waals surface area contributed by atoms with E-state index in [1.165, 1.54) is 5.56 Å². The molecular weight excluding hydrogens is 304 g/mol. The first-order valence-electron chi connectivity index (χ1n) is 8.15. The number of nitrogens with one attached hydrogen (secondary N) is 4. The van der Waals surface area contributed by atoms with Crippen LogP contribution >= 0.6 is 11.3 Å². The molecule has 5 heteroatoms. The van der Waals surface area contributed by atoms with Crippen molar-refractivity contribution in [2.24, 2.45) is 5.92 Å². The minimum atomic E-state index is 0.459. The lowest BCUT2D eigenvalue weighted by molar-refractivity contribution is 0.457. The van der Waals surface area contributed by atoms with Crippen LogP contribution in [0.3, 0.4) is 0 Å². The average molecular weight is 328 g/mol. The van der Waals surface area contributed by atoms with E-state index in [4.69, 9.17) is 5.41 Å². The molecule has 23 heavy (non-hydrogen) atoms. The predicted molar refractivity (Wildman–Crippen MR) is 98.7 cm³/mol. The standard InChI is InChI=1S/C18H24N4S/c1-13-11-20-12-16(13)21-8-7-14-4-2-5-15(10-14)22-18(19)17-6-3-9-23-17/h2-6,9-10,13,16,20-21H,7-8,11-12H2,1H3,(H2,19,22). The van der Waals surface area contributed by atoms with Crippen molar-refractivity contribution in [3.05, 3.63) is 52.2 Å². The fourth-order valence-electron chi connectivity index (χ4n) is 2.92. The van der Waals surface area contributed by atoms with Gasteiger partial charge in [0.1, 0.15) is 5.84 Å². The molecule has 1 aromatic carbocycles. The molecule has 1 aromatic heterocycles. The van der Waals surface area contributed by atoms with Crippen molar-refractivity contribution in [2.75, 3.05) is 25.0 Å². The second-order valence-corrected chi connectivity index (χ2v) is 7.07. The second kappa shape index (κ2) is 7.73. The highest BCUT2D eigenvalue weighted by Gasteiger charge is 2.21. The Hall–Kier alpha value is -1.69. The fraction of sp³-hybridized carbons (Fsp3) is 0.389. The Morgan fingerprint density at radius 3 is 2.96 bits per heavy atom. The summed E-state index contributed by atoms with van der Waals surface area (Å²) in [6.07, 6.45) is 1.01. The van der Waals surface area contributed by atoms with Gasteiger partial charge < -0.3 is 16.0 Å². The topological polar surface area (TPSA) is 59.9 Å². The highest BCUT2D eigenvalue weighted by molar-refractivity contribution is 7.12. The lowest BCUT2D eigenvalue weighted by atomic mass is 10.1. The molecule has 4 N–H and O–H groups in total. The third kappa shape index (κ3) is 4.41. The monoisotopic (exact) mass is 328 g/mol. The summed E-state index contributed by atoms with van der Waals surface area (Å²) in [5.41, 5.74) is 2.27. The fourth-order valence-corrected chi connectivity index (χ4v) is 3.55. The molecule has 0 saturated carbocycles. The average Bonchev–Trinajstić information content (AvgIpc) is 3.20. The van der Waals surface area contributed by atoms with Gasteiger partial charge >= 0.3 is 0 Å². The van der Waals surface area contributed by atoms with Crippen molar-refractivity contribution >= 4 is 22.9 Å². The number of thiophene rings is 1. The lowest BCUT2D eigenvalue weighted by Gasteiger charge is -2.16. The molecule has 1 aliphatic heterocycles. The van der Waals surface area contributed by atoms with Crippen molar-refractivity contribution in [3.63, 3.8) is 0 Å². The second-order valence-electron chi connectivity index (χ2n) is 6.12. The number of amidine groups is 1. The first kappa shape index (κ1) is 16.2. The quantitative estimate of drug-likeness (QED) is 0.487. The molecule has 0 aliphatic carbocycles. The third-order valence-electron chi connectivity index (χ3n) is 4.30. The van der Waals surface area contributed by atoms with Crippen LogP contribution in [0, 0.1) is 11.3 Å². The molecule has 3 rings (SSSR count). The summed E-state index contributed by atoms with van der Waals surface area (Å²) in [5, 5.41) is 20.3. The van der Waals surface area contributed by atoms with E-state index in [1.807, 2.05) is 23.6 Å². The highest BCUT2D eigenvalue weighted by atomic mass is 32.1. The molecule has 0 bridgehead atoms. The summed E-state index contributed by atoms with van der Waals surface area (Å²) < 4.78 is 0. The molecule has 2 aromatic rings. The van der Waals surface area contributed by atoms with Crippen LogP contribution in [0.1, 0.15) is 17.4 Å². The number of rotatable bonds is 6. The van der Waals surface area contributed by atoms with Gasteiger partial charge in [-0.3, -0.25) is 5.41 Å². The molecule has 2 unspecified atom stereocenters. The van der Waals surface area contributed by atoms with Gasteiger partial charge in [-0.15, -0.1) is 11.3 Å². The van der Waals surface area contributed by atoms with Gasteiger partial charge in [-0.25, -0.2) is 0 Å². The van der Waals surface area contributed by atoms with E-state index in [0.29, 0.717) is 17.8 Å². The van der Waals surface area contributed by atoms with E-state index in [9.17, 15) is 0 Å². The maximum atomic E-state index is 8.11. The van der Waals surface area contributed by atoms with Crippen LogP contribution in [0.25, 0.3) is 0 Å². The Kier molecular flexibility index (Phi) is 5.43. The third-order valence-corrected chi connectivity index (χ3v) is 5.19. The van der Waals surface area contributed by atoms with Crippen LogP contribution in [0.2, 0.25) is 0 Å². The number of hydrogen-bond donors (Lipinski definition) is 4. The van der Waals surface area contributed by atoms with Crippen molar-refractivity contribution in [1.82, 2.24) is 10.6 Å². The van der Waals surface area contributed by atoms with Crippen molar-refractivity contribution in [1.29, 1.82) is 5.41 Å². The van der Waals surface area contributed by atoms with Crippen molar-refractivity contribution < 1.29 is 0 Å². The Labute approximate surface area is 141 Å². The van der Waals surface area contributed by atoms with E-state index in [0.717, 1.165) is 36.6 Å². The van der Waals surface area contributed by atoms with Gasteiger partial charge in [0.25, 0.3) is 0 Å². The van der Waals surface area contributed by atoms with Gasteiger partial charge in [0.15, 0.2) is 0 Å². The van der Waals surface area contributed by atoms with E-state index >= 15 is 0 Å². The maximum absolute atomic E-state index is 8.11. The summed E-state index contributed by atoms with van der Waals surface area (Å²) in [5.74, 6) is 1.16. The molecule has 4 nitrogen and oxygen atoms in total. The Balaban J connectivity index is 1.52. The van der Waals surface area contributed by atoms with Gasteiger partial charge in [0.05, 0.1) is 4.88 Å². The molecule has 2 atom stereocenters. The number of hydrogen-bond acceptors (Lipinski definition) is 4. The molecular formula is C18H24N4S. The zero-order valence-electron chi connectivity index (χ0n) is 13.4. The first-order chi connectivity index (χ1) is 11.2. The molecule has 1 aliphatic rings. The minimum Gasteiger partial charge on any atom is -0.340 e. The van der Waals surface area contributed by atoms with Crippen LogP contribution < -0.4 is 16.0 Å². The minimum absolute atomic E-state index is 0.459. The molecule has 2 heterocycles. The van der Waals surface area contributed by atoms with Gasteiger partial charge in [-0.05, 0) is 54.6 Å². The van der Waals surface area contributed by atoms with Crippen LogP contribution in [-0.4, -0.2) is 31.5 Å². The number of anilines is 1. The van der Waals surface area contributed by atoms with E-state index in [-0.39, 0.29) is 0 Å². The Morgan fingerprint density at radius 1 is 1.30 bits per heavy atom. The Morgan fingerprint density at radius 2 is 2.22 bits per heavy atom. The summed E-state index contributed by atoms with van der Waals surface area (Å²) in [6.45, 7) is 5.46. The normalized spacial score (nSPS) is 20.6. The molecule has 1 saturated heterocycles. The molecule has 0 spiro atoms. The Bertz CT molecular complexity index is 638. The van der Waals surface area contributed by atoms with Gasteiger partial charge in [-0.2, -0.15) is 0 Å². The van der Waals surface area contributed by atoms with Gasteiger partial charge in [-0.1, -0.05) is 25.1 Å². The van der Waals surface area contributed by atoms with Crippen LogP contribution in [-0.2, 0) is 6.42 Å². The van der Waals surface area contributed by atoms with E-state index in [2.05, 4.69) is 41.1 Å². The van der Waals surface area contributed by atoms with Crippen LogP contribution in [0.15, 0.2) is 41.8 Å². The van der Waals surface area contributed by atoms with Crippen LogP contribution in [0.4, 0.5) is 5.69 Å². The highest BCUT2D eigenvalue weighted by Crippen LogP contribution is 2.15.